The number of pyridine rings is 1. The van der Waals surface area contributed by atoms with Crippen molar-refractivity contribution >= 4 is 23.4 Å². The van der Waals surface area contributed by atoms with Gasteiger partial charge in [-0.15, -0.1) is 0 Å². The normalized spacial score (nSPS) is 14.1. The highest BCUT2D eigenvalue weighted by Crippen LogP contribution is 2.22. The maximum Gasteiger partial charge on any atom is 0.256 e. The predicted octanol–water partition coefficient (Wildman–Crippen LogP) is 3.43. The summed E-state index contributed by atoms with van der Waals surface area (Å²) in [5.74, 6) is -0.503. The van der Waals surface area contributed by atoms with Crippen molar-refractivity contribution in [1.29, 1.82) is 0 Å². The number of methoxy groups -OCH3 is 1. The van der Waals surface area contributed by atoms with Crippen molar-refractivity contribution in [2.45, 2.75) is 45.1 Å². The van der Waals surface area contributed by atoms with Crippen molar-refractivity contribution in [3.63, 3.8) is 0 Å². The van der Waals surface area contributed by atoms with E-state index in [-0.39, 0.29) is 11.1 Å². The topological polar surface area (TPSA) is 89.4 Å². The van der Waals surface area contributed by atoms with E-state index in [1.54, 1.807) is 17.7 Å². The fraction of sp³-hybridized carbons (Fsp3) is 0.480. The molecule has 1 aliphatic carbocycles. The van der Waals surface area contributed by atoms with Gasteiger partial charge in [-0.05, 0) is 42.9 Å². The molecule has 0 atom stereocenters. The molecule has 0 radical (unpaired) electrons. The van der Waals surface area contributed by atoms with Crippen LogP contribution in [0.15, 0.2) is 41.5 Å². The summed E-state index contributed by atoms with van der Waals surface area (Å²) in [5.41, 5.74) is 0.341. The van der Waals surface area contributed by atoms with Gasteiger partial charge in [0.1, 0.15) is 11.1 Å². The Hall–Kier alpha value is -2.64. The van der Waals surface area contributed by atoms with Crippen LogP contribution in [0.4, 0.5) is 0 Å². The Morgan fingerprint density at radius 2 is 1.79 bits per heavy atom. The first kappa shape index (κ1) is 25.0. The number of rotatable bonds is 10. The lowest BCUT2D eigenvalue weighted by atomic mass is 9.89. The molecule has 0 saturated heterocycles. The van der Waals surface area contributed by atoms with Crippen molar-refractivity contribution in [3.05, 3.63) is 68.6 Å². The number of ether oxygens (including phenoxy) is 1. The minimum Gasteiger partial charge on any atom is -0.383 e. The Morgan fingerprint density at radius 3 is 2.45 bits per heavy atom. The van der Waals surface area contributed by atoms with Gasteiger partial charge in [0.05, 0.1) is 6.61 Å². The van der Waals surface area contributed by atoms with Crippen LogP contribution in [0.1, 0.15) is 58.4 Å². The molecule has 1 saturated carbocycles. The number of benzene rings is 1. The molecule has 2 N–H and O–H groups in total. The molecule has 3 rings (SSSR count). The number of nitrogens with one attached hydrogen (secondary N) is 2. The van der Waals surface area contributed by atoms with Crippen LogP contribution >= 0.6 is 11.6 Å². The van der Waals surface area contributed by atoms with E-state index in [1.165, 1.54) is 31.7 Å². The molecule has 7 nitrogen and oxygen atoms in total. The Bertz CT molecular complexity index is 1010. The van der Waals surface area contributed by atoms with Crippen molar-refractivity contribution in [2.24, 2.45) is 5.92 Å². The average Bonchev–Trinajstić information content (AvgIpc) is 2.82. The standard InChI is InChI=1S/C25H32ClN3O4/c1-33-13-12-29-16-21(24(31)27-11-10-18-8-5-9-20(26)14-18)23(30)22(17-29)25(32)28-15-19-6-3-2-4-7-19/h5,8-9,14,16-17,19H,2-4,6-7,10-13,15H2,1H3,(H,27,31)(H,28,32). The Balaban J connectivity index is 1.71. The van der Waals surface area contributed by atoms with E-state index in [2.05, 4.69) is 10.6 Å². The van der Waals surface area contributed by atoms with Gasteiger partial charge in [0.25, 0.3) is 11.8 Å². The maximum atomic E-state index is 13.0. The van der Waals surface area contributed by atoms with Crippen molar-refractivity contribution in [1.82, 2.24) is 15.2 Å². The zero-order valence-electron chi connectivity index (χ0n) is 19.1. The van der Waals surface area contributed by atoms with Crippen LogP contribution < -0.4 is 16.1 Å². The predicted molar refractivity (Wildman–Crippen MR) is 129 cm³/mol. The van der Waals surface area contributed by atoms with Gasteiger partial charge in [-0.1, -0.05) is 43.0 Å². The fourth-order valence-corrected chi connectivity index (χ4v) is 4.33. The van der Waals surface area contributed by atoms with E-state index in [0.717, 1.165) is 18.4 Å². The molecular formula is C25H32ClN3O4. The first-order valence-corrected chi connectivity index (χ1v) is 11.9. The van der Waals surface area contributed by atoms with E-state index >= 15 is 0 Å². The molecule has 33 heavy (non-hydrogen) atoms. The van der Waals surface area contributed by atoms with Crippen LogP contribution in [0.25, 0.3) is 0 Å². The lowest BCUT2D eigenvalue weighted by Gasteiger charge is -2.21. The van der Waals surface area contributed by atoms with E-state index in [1.807, 2.05) is 18.2 Å². The van der Waals surface area contributed by atoms with Crippen LogP contribution in [0.5, 0.6) is 0 Å². The molecule has 0 bridgehead atoms. The number of hydrogen-bond donors (Lipinski definition) is 2. The van der Waals surface area contributed by atoms with Crippen molar-refractivity contribution in [2.75, 3.05) is 26.8 Å². The van der Waals surface area contributed by atoms with Crippen LogP contribution in [-0.4, -0.2) is 43.2 Å². The van der Waals surface area contributed by atoms with Gasteiger partial charge < -0.3 is 19.9 Å². The molecule has 1 aromatic carbocycles. The molecule has 178 valence electrons. The smallest absolute Gasteiger partial charge is 0.256 e. The molecule has 1 aliphatic rings. The number of carbonyl (C=O) groups is 2. The van der Waals surface area contributed by atoms with Gasteiger partial charge in [0.15, 0.2) is 0 Å². The summed E-state index contributed by atoms with van der Waals surface area (Å²) in [6.07, 6.45) is 9.33. The Kier molecular flexibility index (Phi) is 9.51. The summed E-state index contributed by atoms with van der Waals surface area (Å²) in [6.45, 7) is 1.70. The van der Waals surface area contributed by atoms with Crippen molar-refractivity contribution < 1.29 is 14.3 Å². The van der Waals surface area contributed by atoms with Gasteiger partial charge in [-0.25, -0.2) is 0 Å². The van der Waals surface area contributed by atoms with Gasteiger partial charge in [-0.2, -0.15) is 0 Å². The number of aromatic nitrogens is 1. The SMILES string of the molecule is COCCn1cc(C(=O)NCCc2cccc(Cl)c2)c(=O)c(C(=O)NCC2CCCCC2)c1. The second kappa shape index (κ2) is 12.6. The minimum absolute atomic E-state index is 0.0237. The lowest BCUT2D eigenvalue weighted by molar-refractivity contribution is 0.0941. The molecular weight excluding hydrogens is 442 g/mol. The first-order valence-electron chi connectivity index (χ1n) is 11.5. The maximum absolute atomic E-state index is 13.0. The summed E-state index contributed by atoms with van der Waals surface area (Å²) in [6, 6.07) is 7.40. The second-order valence-corrected chi connectivity index (χ2v) is 8.93. The summed E-state index contributed by atoms with van der Waals surface area (Å²) in [4.78, 5) is 38.7. The summed E-state index contributed by atoms with van der Waals surface area (Å²) in [7, 11) is 1.57. The molecule has 1 fully saturated rings. The van der Waals surface area contributed by atoms with Crippen LogP contribution in [0.2, 0.25) is 5.02 Å². The molecule has 2 aromatic rings. The second-order valence-electron chi connectivity index (χ2n) is 8.50. The van der Waals surface area contributed by atoms with E-state index in [4.69, 9.17) is 16.3 Å². The molecule has 0 aliphatic heterocycles. The molecule has 0 spiro atoms. The first-order chi connectivity index (χ1) is 16.0. The van der Waals surface area contributed by atoms with Crippen LogP contribution in [-0.2, 0) is 17.7 Å². The van der Waals surface area contributed by atoms with Gasteiger partial charge >= 0.3 is 0 Å². The van der Waals surface area contributed by atoms with Crippen LogP contribution in [0, 0.1) is 5.92 Å². The molecule has 1 aromatic heterocycles. The van der Waals surface area contributed by atoms with Crippen molar-refractivity contribution in [3.8, 4) is 0 Å². The van der Waals surface area contributed by atoms with E-state index in [9.17, 15) is 14.4 Å². The third-order valence-corrected chi connectivity index (χ3v) is 6.22. The van der Waals surface area contributed by atoms with Gasteiger partial charge in [-0.3, -0.25) is 14.4 Å². The molecule has 0 unspecified atom stereocenters. The zero-order chi connectivity index (χ0) is 23.6. The highest BCUT2D eigenvalue weighted by atomic mass is 35.5. The molecule has 8 heteroatoms. The summed E-state index contributed by atoms with van der Waals surface area (Å²) < 4.78 is 6.78. The number of halogens is 1. The Morgan fingerprint density at radius 1 is 1.09 bits per heavy atom. The third-order valence-electron chi connectivity index (χ3n) is 5.99. The average molecular weight is 474 g/mol. The quantitative estimate of drug-likeness (QED) is 0.553. The summed E-state index contributed by atoms with van der Waals surface area (Å²) in [5, 5.41) is 6.32. The van der Waals surface area contributed by atoms with Gasteiger partial charge in [0.2, 0.25) is 5.43 Å². The highest BCUT2D eigenvalue weighted by molar-refractivity contribution is 6.30. The Labute approximate surface area is 199 Å². The zero-order valence-corrected chi connectivity index (χ0v) is 19.8. The van der Waals surface area contributed by atoms with Gasteiger partial charge in [0, 0.05) is 44.2 Å². The third kappa shape index (κ3) is 7.44. The molecule has 2 amide bonds. The van der Waals surface area contributed by atoms with E-state index in [0.29, 0.717) is 43.6 Å². The largest absolute Gasteiger partial charge is 0.383 e. The summed E-state index contributed by atoms with van der Waals surface area (Å²) >= 11 is 6.00. The number of nitrogens with zero attached hydrogens (tertiary/aromatic N) is 1. The molecule has 1 heterocycles. The monoisotopic (exact) mass is 473 g/mol. The fourth-order valence-electron chi connectivity index (χ4n) is 4.11. The van der Waals surface area contributed by atoms with E-state index < -0.39 is 17.2 Å². The number of carbonyl (C=O) groups excluding carboxylic acids is 2. The number of hydrogen-bond acceptors (Lipinski definition) is 4. The highest BCUT2D eigenvalue weighted by Gasteiger charge is 2.21. The number of amides is 2. The minimum atomic E-state index is -0.565. The van der Waals surface area contributed by atoms with Crippen LogP contribution in [0.3, 0.4) is 0 Å². The lowest BCUT2D eigenvalue weighted by Crippen LogP contribution is -2.37.